The van der Waals surface area contributed by atoms with Crippen LogP contribution >= 0.6 is 0 Å². The summed E-state index contributed by atoms with van der Waals surface area (Å²) in [6.45, 7) is 4.41. The summed E-state index contributed by atoms with van der Waals surface area (Å²) < 4.78 is 7.61. The van der Waals surface area contributed by atoms with E-state index in [1.54, 1.807) is 6.26 Å². The van der Waals surface area contributed by atoms with Gasteiger partial charge in [-0.1, -0.05) is 92.7 Å². The highest BCUT2D eigenvalue weighted by molar-refractivity contribution is 5.82. The molecule has 0 atom stereocenters. The van der Waals surface area contributed by atoms with Crippen LogP contribution in [0.4, 0.5) is 0 Å². The number of imidazole rings is 1. The van der Waals surface area contributed by atoms with Crippen LogP contribution < -0.4 is 0 Å². The van der Waals surface area contributed by atoms with Crippen molar-refractivity contribution in [1.82, 2.24) is 9.38 Å². The molecule has 3 aromatic carbocycles. The lowest BCUT2D eigenvalue weighted by molar-refractivity contribution is 0.596. The molecule has 142 valence electrons. The van der Waals surface area contributed by atoms with Gasteiger partial charge in [-0.15, -0.1) is 0 Å². The Balaban J connectivity index is 1.61. The predicted octanol–water partition coefficient (Wildman–Crippen LogP) is 7.05. The van der Waals surface area contributed by atoms with Crippen molar-refractivity contribution in [3.63, 3.8) is 0 Å². The lowest BCUT2D eigenvalue weighted by atomic mass is 9.98. The second-order valence-electron chi connectivity index (χ2n) is 7.58. The molecule has 29 heavy (non-hydrogen) atoms. The van der Waals surface area contributed by atoms with Crippen LogP contribution in [0.15, 0.2) is 95.7 Å². The van der Waals surface area contributed by atoms with Crippen molar-refractivity contribution in [2.24, 2.45) is 0 Å². The standard InChI is InChI=1S/C26H22N2O/c1-18(2)19-8-12-22(13-9-19)24-25(28-16-17-29-26(28)27-24)23-14-10-21(11-15-23)20-6-4-3-5-7-20/h3-18H,1-2H3. The van der Waals surface area contributed by atoms with Gasteiger partial charge in [-0.05, 0) is 22.6 Å². The van der Waals surface area contributed by atoms with E-state index in [9.17, 15) is 0 Å². The number of oxazole rings is 1. The van der Waals surface area contributed by atoms with Crippen LogP contribution in [-0.2, 0) is 0 Å². The van der Waals surface area contributed by atoms with Gasteiger partial charge in [0, 0.05) is 17.3 Å². The molecular formula is C26H22N2O. The van der Waals surface area contributed by atoms with Gasteiger partial charge in [0.1, 0.15) is 12.0 Å². The number of nitrogens with zero attached hydrogens (tertiary/aromatic N) is 2. The van der Waals surface area contributed by atoms with Gasteiger partial charge in [0.15, 0.2) is 0 Å². The van der Waals surface area contributed by atoms with Gasteiger partial charge in [-0.2, -0.15) is 4.98 Å². The summed E-state index contributed by atoms with van der Waals surface area (Å²) in [6.07, 6.45) is 3.60. The zero-order chi connectivity index (χ0) is 19.8. The normalized spacial score (nSPS) is 11.4. The minimum Gasteiger partial charge on any atom is -0.432 e. The monoisotopic (exact) mass is 378 g/mol. The van der Waals surface area contributed by atoms with Gasteiger partial charge < -0.3 is 4.42 Å². The number of benzene rings is 3. The maximum Gasteiger partial charge on any atom is 0.306 e. The molecule has 0 unspecified atom stereocenters. The SMILES string of the molecule is CC(C)c1ccc(-c2nc3occn3c2-c2ccc(-c3ccccc3)cc2)cc1. The number of hydrogen-bond acceptors (Lipinski definition) is 2. The van der Waals surface area contributed by atoms with Gasteiger partial charge in [0.05, 0.1) is 5.69 Å². The smallest absolute Gasteiger partial charge is 0.306 e. The van der Waals surface area contributed by atoms with E-state index in [4.69, 9.17) is 9.40 Å². The topological polar surface area (TPSA) is 30.4 Å². The molecule has 0 spiro atoms. The Morgan fingerprint density at radius 1 is 0.724 bits per heavy atom. The van der Waals surface area contributed by atoms with E-state index >= 15 is 0 Å². The van der Waals surface area contributed by atoms with E-state index in [-0.39, 0.29) is 0 Å². The van der Waals surface area contributed by atoms with Crippen LogP contribution in [0.1, 0.15) is 25.3 Å². The van der Waals surface area contributed by atoms with Gasteiger partial charge >= 0.3 is 5.84 Å². The highest BCUT2D eigenvalue weighted by atomic mass is 16.3. The Hall–Kier alpha value is -3.59. The van der Waals surface area contributed by atoms with Crippen molar-refractivity contribution in [3.8, 4) is 33.6 Å². The minimum atomic E-state index is 0.507. The van der Waals surface area contributed by atoms with Crippen LogP contribution in [0.3, 0.4) is 0 Å². The van der Waals surface area contributed by atoms with E-state index in [0.717, 1.165) is 22.5 Å². The summed E-state index contributed by atoms with van der Waals surface area (Å²) in [5, 5.41) is 0. The third-order valence-corrected chi connectivity index (χ3v) is 5.38. The molecule has 3 nitrogen and oxygen atoms in total. The van der Waals surface area contributed by atoms with Crippen molar-refractivity contribution < 1.29 is 4.42 Å². The number of rotatable bonds is 4. The summed E-state index contributed by atoms with van der Waals surface area (Å²) in [5.74, 6) is 1.11. The number of aromatic nitrogens is 2. The van der Waals surface area contributed by atoms with Gasteiger partial charge in [0.2, 0.25) is 0 Å². The molecule has 0 saturated carbocycles. The first-order valence-electron chi connectivity index (χ1n) is 9.92. The zero-order valence-corrected chi connectivity index (χ0v) is 16.5. The lowest BCUT2D eigenvalue weighted by Crippen LogP contribution is -1.90. The third-order valence-electron chi connectivity index (χ3n) is 5.38. The van der Waals surface area contributed by atoms with Gasteiger partial charge in [-0.3, -0.25) is 4.40 Å². The average Bonchev–Trinajstić information content (AvgIpc) is 3.36. The maximum atomic E-state index is 5.59. The van der Waals surface area contributed by atoms with Crippen molar-refractivity contribution in [3.05, 3.63) is 96.9 Å². The van der Waals surface area contributed by atoms with Crippen LogP contribution in [-0.4, -0.2) is 9.38 Å². The molecule has 5 aromatic rings. The molecule has 2 heterocycles. The molecule has 0 saturated heterocycles. The Labute approximate surface area is 170 Å². The van der Waals surface area contributed by atoms with Crippen molar-refractivity contribution in [1.29, 1.82) is 0 Å². The summed E-state index contributed by atoms with van der Waals surface area (Å²) >= 11 is 0. The van der Waals surface area contributed by atoms with Crippen LogP contribution in [0, 0.1) is 0 Å². The predicted molar refractivity (Wildman–Crippen MR) is 118 cm³/mol. The molecule has 0 N–H and O–H groups in total. The van der Waals surface area contributed by atoms with Crippen LogP contribution in [0.2, 0.25) is 0 Å². The fourth-order valence-electron chi connectivity index (χ4n) is 3.74. The summed E-state index contributed by atoms with van der Waals surface area (Å²) in [5.41, 5.74) is 7.93. The average molecular weight is 378 g/mol. The molecule has 0 aliphatic rings. The van der Waals surface area contributed by atoms with Crippen LogP contribution in [0.5, 0.6) is 0 Å². The second kappa shape index (κ2) is 7.10. The molecule has 2 aromatic heterocycles. The molecule has 0 amide bonds. The Morgan fingerprint density at radius 3 is 2.03 bits per heavy atom. The highest BCUT2D eigenvalue weighted by Gasteiger charge is 2.18. The lowest BCUT2D eigenvalue weighted by Gasteiger charge is -2.09. The largest absolute Gasteiger partial charge is 0.432 e. The highest BCUT2D eigenvalue weighted by Crippen LogP contribution is 2.34. The summed E-state index contributed by atoms with van der Waals surface area (Å²) in [7, 11) is 0. The van der Waals surface area contributed by atoms with E-state index in [1.807, 2.05) is 16.7 Å². The Morgan fingerprint density at radius 2 is 1.34 bits per heavy atom. The fraction of sp³-hybridized carbons (Fsp3) is 0.115. The van der Waals surface area contributed by atoms with Gasteiger partial charge in [-0.25, -0.2) is 0 Å². The van der Waals surface area contributed by atoms with E-state index in [1.165, 1.54) is 16.7 Å². The number of hydrogen-bond donors (Lipinski definition) is 0. The quantitative estimate of drug-likeness (QED) is 0.335. The summed E-state index contributed by atoms with van der Waals surface area (Å²) in [6, 6.07) is 27.7. The number of fused-ring (bicyclic) bond motifs is 1. The molecule has 0 bridgehead atoms. The molecule has 0 aliphatic carbocycles. The zero-order valence-electron chi connectivity index (χ0n) is 16.5. The maximum absolute atomic E-state index is 5.59. The third kappa shape index (κ3) is 3.15. The molecule has 0 radical (unpaired) electrons. The van der Waals surface area contributed by atoms with Crippen molar-refractivity contribution in [2.75, 3.05) is 0 Å². The Kier molecular flexibility index (Phi) is 4.28. The molecule has 3 heteroatoms. The van der Waals surface area contributed by atoms with Gasteiger partial charge in [0.25, 0.3) is 0 Å². The Bertz CT molecular complexity index is 1240. The molecular weight excluding hydrogens is 356 g/mol. The van der Waals surface area contributed by atoms with E-state index < -0.39 is 0 Å². The van der Waals surface area contributed by atoms with E-state index in [2.05, 4.69) is 86.6 Å². The first kappa shape index (κ1) is 17.5. The van der Waals surface area contributed by atoms with E-state index in [0.29, 0.717) is 11.8 Å². The molecule has 0 fully saturated rings. The first-order valence-corrected chi connectivity index (χ1v) is 9.92. The van der Waals surface area contributed by atoms with Crippen molar-refractivity contribution in [2.45, 2.75) is 19.8 Å². The second-order valence-corrected chi connectivity index (χ2v) is 7.58. The van der Waals surface area contributed by atoms with Crippen molar-refractivity contribution >= 4 is 5.84 Å². The molecule has 0 aliphatic heterocycles. The van der Waals surface area contributed by atoms with Crippen LogP contribution in [0.25, 0.3) is 39.5 Å². The first-order chi connectivity index (χ1) is 14.2. The fourth-order valence-corrected chi connectivity index (χ4v) is 3.74. The molecule has 5 rings (SSSR count). The summed E-state index contributed by atoms with van der Waals surface area (Å²) in [4.78, 5) is 4.77. The minimum absolute atomic E-state index is 0.507.